The van der Waals surface area contributed by atoms with Gasteiger partial charge in [0, 0.05) is 18.7 Å². The summed E-state index contributed by atoms with van der Waals surface area (Å²) < 4.78 is 5.36. The average molecular weight is 345 g/mol. The van der Waals surface area contributed by atoms with Crippen molar-refractivity contribution in [3.05, 3.63) is 35.4 Å². The van der Waals surface area contributed by atoms with Gasteiger partial charge in [-0.25, -0.2) is 4.79 Å². The van der Waals surface area contributed by atoms with Crippen LogP contribution in [0.2, 0.25) is 0 Å². The van der Waals surface area contributed by atoms with E-state index in [4.69, 9.17) is 4.74 Å². The maximum absolute atomic E-state index is 12.9. The second kappa shape index (κ2) is 6.47. The van der Waals surface area contributed by atoms with Crippen molar-refractivity contribution in [3.8, 4) is 0 Å². The van der Waals surface area contributed by atoms with Crippen LogP contribution in [0.4, 0.5) is 4.79 Å². The summed E-state index contributed by atoms with van der Waals surface area (Å²) in [5.74, 6) is 0.0909. The Morgan fingerprint density at radius 1 is 1.08 bits per heavy atom. The maximum atomic E-state index is 12.9. The van der Waals surface area contributed by atoms with E-state index in [9.17, 15) is 9.59 Å². The molecule has 0 spiro atoms. The van der Waals surface area contributed by atoms with Gasteiger partial charge in [0.15, 0.2) is 5.78 Å². The number of Topliss-reactive ketones (excluding diaryl/α,β-unsaturated/α-hetero) is 1. The second-order valence-electron chi connectivity index (χ2n) is 9.04. The van der Waals surface area contributed by atoms with Crippen molar-refractivity contribution in [3.63, 3.8) is 0 Å². The Labute approximate surface area is 151 Å². The van der Waals surface area contributed by atoms with Crippen molar-refractivity contribution in [1.82, 2.24) is 4.90 Å². The topological polar surface area (TPSA) is 46.6 Å². The molecule has 0 bridgehead atoms. The van der Waals surface area contributed by atoms with Gasteiger partial charge in [-0.05, 0) is 45.1 Å². The molecule has 0 saturated carbocycles. The highest BCUT2D eigenvalue weighted by molar-refractivity contribution is 6.02. The first-order chi connectivity index (χ1) is 11.4. The van der Waals surface area contributed by atoms with Gasteiger partial charge < -0.3 is 9.64 Å². The number of carbonyl (C=O) groups excluding carboxylic acids is 2. The molecule has 0 N–H and O–H groups in total. The van der Waals surface area contributed by atoms with Crippen LogP contribution in [0.15, 0.2) is 24.3 Å². The van der Waals surface area contributed by atoms with Crippen LogP contribution in [-0.4, -0.2) is 35.5 Å². The Kier molecular flexibility index (Phi) is 5.04. The molecule has 1 amide bonds. The quantitative estimate of drug-likeness (QED) is 0.735. The van der Waals surface area contributed by atoms with E-state index in [0.717, 1.165) is 6.42 Å². The lowest BCUT2D eigenvalue weighted by Crippen LogP contribution is -2.61. The van der Waals surface area contributed by atoms with Gasteiger partial charge in [0.25, 0.3) is 0 Å². The summed E-state index contributed by atoms with van der Waals surface area (Å²) in [6.07, 6.45) is 0.695. The second-order valence-corrected chi connectivity index (χ2v) is 9.04. The van der Waals surface area contributed by atoms with Crippen molar-refractivity contribution in [2.45, 2.75) is 65.9 Å². The molecular weight excluding hydrogens is 314 g/mol. The summed E-state index contributed by atoms with van der Waals surface area (Å²) in [5, 5.41) is 0. The number of nitrogens with zero attached hydrogens (tertiary/aromatic N) is 1. The molecule has 1 aliphatic heterocycles. The van der Waals surface area contributed by atoms with E-state index in [1.807, 2.05) is 52.0 Å². The highest BCUT2D eigenvalue weighted by Crippen LogP contribution is 2.35. The first-order valence-corrected chi connectivity index (χ1v) is 9.01. The molecule has 0 aromatic heterocycles. The summed E-state index contributed by atoms with van der Waals surface area (Å²) in [6, 6.07) is 7.92. The highest BCUT2D eigenvalue weighted by atomic mass is 16.6. The van der Waals surface area contributed by atoms with Gasteiger partial charge in [0.1, 0.15) is 5.60 Å². The van der Waals surface area contributed by atoms with Crippen LogP contribution in [-0.2, 0) is 10.2 Å². The molecule has 1 saturated heterocycles. The van der Waals surface area contributed by atoms with Crippen molar-refractivity contribution in [1.29, 1.82) is 0 Å². The number of benzene rings is 1. The van der Waals surface area contributed by atoms with Gasteiger partial charge in [0.05, 0.1) is 5.41 Å². The van der Waals surface area contributed by atoms with E-state index in [1.165, 1.54) is 5.56 Å². The lowest BCUT2D eigenvalue weighted by molar-refractivity contribution is -0.0197. The number of rotatable bonds is 4. The fraction of sp³-hybridized carbons (Fsp3) is 0.619. The fourth-order valence-electron chi connectivity index (χ4n) is 3.02. The van der Waals surface area contributed by atoms with Gasteiger partial charge in [-0.2, -0.15) is 0 Å². The van der Waals surface area contributed by atoms with Gasteiger partial charge >= 0.3 is 6.09 Å². The Hall–Kier alpha value is -1.84. The van der Waals surface area contributed by atoms with Crippen molar-refractivity contribution >= 4 is 11.9 Å². The predicted molar refractivity (Wildman–Crippen MR) is 100 cm³/mol. The molecule has 138 valence electrons. The summed E-state index contributed by atoms with van der Waals surface area (Å²) in [4.78, 5) is 26.5. The van der Waals surface area contributed by atoms with Crippen LogP contribution < -0.4 is 0 Å². The Morgan fingerprint density at radius 2 is 1.60 bits per heavy atom. The number of carbonyl (C=O) groups is 2. The van der Waals surface area contributed by atoms with E-state index < -0.39 is 11.0 Å². The van der Waals surface area contributed by atoms with Crippen molar-refractivity contribution in [2.75, 3.05) is 13.1 Å². The van der Waals surface area contributed by atoms with E-state index in [1.54, 1.807) is 4.90 Å². The molecular formula is C21H31NO3. The minimum atomic E-state index is -0.529. The molecule has 0 unspecified atom stereocenters. The standard InChI is InChI=1S/C21H31NO3/c1-8-20(5,6)16-11-9-15(10-12-16)17(23)21(7)13-22(14-21)18(24)25-19(2,3)4/h9-12H,8,13-14H2,1-7H3. The molecule has 1 aromatic rings. The van der Waals surface area contributed by atoms with Crippen molar-refractivity contribution in [2.24, 2.45) is 5.41 Å². The first kappa shape index (κ1) is 19.5. The first-order valence-electron chi connectivity index (χ1n) is 9.01. The summed E-state index contributed by atoms with van der Waals surface area (Å²) >= 11 is 0. The molecule has 2 rings (SSSR count). The normalized spacial score (nSPS) is 17.0. The SMILES string of the molecule is CCC(C)(C)c1ccc(C(=O)C2(C)CN(C(=O)OC(C)(C)C)C2)cc1. The van der Waals surface area contributed by atoms with Crippen LogP contribution in [0.25, 0.3) is 0 Å². The van der Waals surface area contributed by atoms with Gasteiger partial charge in [-0.3, -0.25) is 4.79 Å². The van der Waals surface area contributed by atoms with Crippen LogP contribution in [0.3, 0.4) is 0 Å². The minimum Gasteiger partial charge on any atom is -0.444 e. The number of hydrogen-bond acceptors (Lipinski definition) is 3. The zero-order chi connectivity index (χ0) is 19.0. The van der Waals surface area contributed by atoms with E-state index >= 15 is 0 Å². The van der Waals surface area contributed by atoms with Gasteiger partial charge in [-0.15, -0.1) is 0 Å². The van der Waals surface area contributed by atoms with Crippen molar-refractivity contribution < 1.29 is 14.3 Å². The molecule has 0 aliphatic carbocycles. The highest BCUT2D eigenvalue weighted by Gasteiger charge is 2.48. The Balaban J connectivity index is 2.03. The monoisotopic (exact) mass is 345 g/mol. The Bertz CT molecular complexity index is 647. The number of hydrogen-bond donors (Lipinski definition) is 0. The molecule has 25 heavy (non-hydrogen) atoms. The molecule has 0 atom stereocenters. The zero-order valence-electron chi connectivity index (χ0n) is 16.6. The maximum Gasteiger partial charge on any atom is 0.410 e. The molecule has 1 aliphatic rings. The largest absolute Gasteiger partial charge is 0.444 e. The predicted octanol–water partition coefficient (Wildman–Crippen LogP) is 4.81. The smallest absolute Gasteiger partial charge is 0.410 e. The van der Waals surface area contributed by atoms with Crippen LogP contribution in [0.5, 0.6) is 0 Å². The van der Waals surface area contributed by atoms with E-state index in [-0.39, 0.29) is 17.3 Å². The summed E-state index contributed by atoms with van der Waals surface area (Å²) in [7, 11) is 0. The van der Waals surface area contributed by atoms with E-state index in [2.05, 4.69) is 20.8 Å². The lowest BCUT2D eigenvalue weighted by Gasteiger charge is -2.46. The third kappa shape index (κ3) is 4.23. The average Bonchev–Trinajstić information content (AvgIpc) is 2.49. The summed E-state index contributed by atoms with van der Waals surface area (Å²) in [6.45, 7) is 14.8. The fourth-order valence-corrected chi connectivity index (χ4v) is 3.02. The van der Waals surface area contributed by atoms with Gasteiger partial charge in [-0.1, -0.05) is 45.0 Å². The molecule has 1 heterocycles. The molecule has 4 heteroatoms. The molecule has 4 nitrogen and oxygen atoms in total. The number of likely N-dealkylation sites (tertiary alicyclic amines) is 1. The lowest BCUT2D eigenvalue weighted by atomic mass is 9.75. The van der Waals surface area contributed by atoms with E-state index in [0.29, 0.717) is 18.7 Å². The molecule has 0 radical (unpaired) electrons. The number of ether oxygens (including phenoxy) is 1. The van der Waals surface area contributed by atoms with Crippen LogP contribution in [0, 0.1) is 5.41 Å². The third-order valence-electron chi connectivity index (χ3n) is 5.09. The van der Waals surface area contributed by atoms with Gasteiger partial charge in [0.2, 0.25) is 0 Å². The Morgan fingerprint density at radius 3 is 2.04 bits per heavy atom. The van der Waals surface area contributed by atoms with Crippen LogP contribution in [0.1, 0.15) is 70.8 Å². The zero-order valence-corrected chi connectivity index (χ0v) is 16.6. The number of amides is 1. The third-order valence-corrected chi connectivity index (χ3v) is 5.09. The minimum absolute atomic E-state index is 0.0909. The van der Waals surface area contributed by atoms with Crippen LogP contribution >= 0.6 is 0 Å². The molecule has 1 fully saturated rings. The molecule has 1 aromatic carbocycles. The number of ketones is 1. The summed E-state index contributed by atoms with van der Waals surface area (Å²) in [5.41, 5.74) is 1.01.